The second-order valence-corrected chi connectivity index (χ2v) is 5.83. The molecule has 0 saturated heterocycles. The summed E-state index contributed by atoms with van der Waals surface area (Å²) in [5.74, 6) is -0.366. The molecule has 0 radical (unpaired) electrons. The molecule has 26 heavy (non-hydrogen) atoms. The Labute approximate surface area is 156 Å². The molecule has 0 spiro atoms. The Morgan fingerprint density at radius 1 is 1.42 bits per heavy atom. The standard InChI is InChI=1S/C18H25N3O3.C2H6/c1-5-7-8-15-14(6-2)13(12-20-15)11-18(3,16(22)23-4)21-17-19-9-10-24-17;1-2/h7-10,12,20H,5-6,11H2,1-4H3,(H,19,21);1-2H3/b8-7-;/t18-;/m0./s1. The van der Waals surface area contributed by atoms with Crippen LogP contribution in [-0.4, -0.2) is 28.6 Å². The van der Waals surface area contributed by atoms with E-state index in [2.05, 4.69) is 41.3 Å². The number of H-pyrrole nitrogens is 1. The molecule has 0 saturated carbocycles. The van der Waals surface area contributed by atoms with E-state index in [4.69, 9.17) is 9.15 Å². The number of nitrogens with zero attached hydrogens (tertiary/aromatic N) is 1. The predicted octanol–water partition coefficient (Wildman–Crippen LogP) is 4.60. The molecular formula is C20H31N3O3. The van der Waals surface area contributed by atoms with Gasteiger partial charge in [-0.25, -0.2) is 9.78 Å². The highest BCUT2D eigenvalue weighted by Gasteiger charge is 2.37. The third-order valence-electron chi connectivity index (χ3n) is 3.98. The summed E-state index contributed by atoms with van der Waals surface area (Å²) in [4.78, 5) is 19.7. The molecule has 6 nitrogen and oxygen atoms in total. The summed E-state index contributed by atoms with van der Waals surface area (Å²) in [6.45, 7) is 9.99. The molecule has 0 aliphatic heterocycles. The summed E-state index contributed by atoms with van der Waals surface area (Å²) in [6, 6.07) is 0.294. The zero-order valence-electron chi connectivity index (χ0n) is 16.7. The number of methoxy groups -OCH3 is 1. The van der Waals surface area contributed by atoms with E-state index in [-0.39, 0.29) is 5.97 Å². The van der Waals surface area contributed by atoms with Crippen LogP contribution in [-0.2, 0) is 22.4 Å². The Bertz CT molecular complexity index is 689. The van der Waals surface area contributed by atoms with E-state index < -0.39 is 5.54 Å². The number of carbonyl (C=O) groups is 1. The van der Waals surface area contributed by atoms with Crippen LogP contribution in [0.5, 0.6) is 0 Å². The number of allylic oxidation sites excluding steroid dienone is 1. The summed E-state index contributed by atoms with van der Waals surface area (Å²) < 4.78 is 10.2. The molecule has 2 heterocycles. The van der Waals surface area contributed by atoms with Gasteiger partial charge < -0.3 is 19.5 Å². The fourth-order valence-electron chi connectivity index (χ4n) is 2.77. The number of hydrogen-bond donors (Lipinski definition) is 2. The van der Waals surface area contributed by atoms with Crippen molar-refractivity contribution >= 4 is 18.1 Å². The minimum atomic E-state index is -0.975. The van der Waals surface area contributed by atoms with Crippen molar-refractivity contribution in [1.29, 1.82) is 0 Å². The molecule has 144 valence electrons. The molecule has 6 heteroatoms. The maximum Gasteiger partial charge on any atom is 0.331 e. The number of aromatic nitrogens is 2. The Morgan fingerprint density at radius 3 is 2.69 bits per heavy atom. The zero-order chi connectivity index (χ0) is 19.6. The van der Waals surface area contributed by atoms with Gasteiger partial charge in [0, 0.05) is 18.3 Å². The first-order valence-corrected chi connectivity index (χ1v) is 9.15. The van der Waals surface area contributed by atoms with E-state index in [0.717, 1.165) is 24.1 Å². The smallest absolute Gasteiger partial charge is 0.331 e. The minimum Gasteiger partial charge on any atom is -0.467 e. The molecule has 0 bridgehead atoms. The second kappa shape index (κ2) is 10.5. The van der Waals surface area contributed by atoms with E-state index in [0.29, 0.717) is 12.4 Å². The molecule has 2 rings (SSSR count). The molecule has 2 N–H and O–H groups in total. The van der Waals surface area contributed by atoms with E-state index in [1.807, 2.05) is 20.0 Å². The van der Waals surface area contributed by atoms with Crippen molar-refractivity contribution in [3.05, 3.63) is 41.6 Å². The molecule has 0 unspecified atom stereocenters. The fourth-order valence-corrected chi connectivity index (χ4v) is 2.77. The molecule has 0 aromatic carbocycles. The Kier molecular flexibility index (Phi) is 8.68. The third kappa shape index (κ3) is 5.25. The predicted molar refractivity (Wildman–Crippen MR) is 105 cm³/mol. The van der Waals surface area contributed by atoms with E-state index >= 15 is 0 Å². The maximum atomic E-state index is 12.4. The molecule has 2 aromatic heterocycles. The number of rotatable bonds is 8. The Morgan fingerprint density at radius 2 is 2.15 bits per heavy atom. The SMILES string of the molecule is CC.CC/C=C\c1[nH]cc(C[C@](C)(Nc2ncco2)C(=O)OC)c1CC. The lowest BCUT2D eigenvalue weighted by molar-refractivity contribution is -0.145. The van der Waals surface area contributed by atoms with Crippen molar-refractivity contribution in [3.8, 4) is 0 Å². The van der Waals surface area contributed by atoms with E-state index in [1.165, 1.54) is 25.1 Å². The quantitative estimate of drug-likeness (QED) is 0.672. The minimum absolute atomic E-state index is 0.294. The van der Waals surface area contributed by atoms with Crippen molar-refractivity contribution in [2.24, 2.45) is 0 Å². The second-order valence-electron chi connectivity index (χ2n) is 5.83. The first-order valence-electron chi connectivity index (χ1n) is 9.15. The average molecular weight is 361 g/mol. The number of anilines is 1. The highest BCUT2D eigenvalue weighted by atomic mass is 16.5. The van der Waals surface area contributed by atoms with Crippen molar-refractivity contribution < 1.29 is 13.9 Å². The number of esters is 1. The molecule has 2 aromatic rings. The van der Waals surface area contributed by atoms with Gasteiger partial charge in [-0.15, -0.1) is 0 Å². The summed E-state index contributed by atoms with van der Waals surface area (Å²) >= 11 is 0. The lowest BCUT2D eigenvalue weighted by atomic mass is 9.91. The van der Waals surface area contributed by atoms with Gasteiger partial charge in [0.25, 0.3) is 6.01 Å². The van der Waals surface area contributed by atoms with Gasteiger partial charge in [0.2, 0.25) is 0 Å². The lowest BCUT2D eigenvalue weighted by Gasteiger charge is -2.27. The van der Waals surface area contributed by atoms with Crippen molar-refractivity contribution in [3.63, 3.8) is 0 Å². The van der Waals surface area contributed by atoms with Gasteiger partial charge in [-0.3, -0.25) is 0 Å². The van der Waals surface area contributed by atoms with Crippen LogP contribution in [0.1, 0.15) is 57.9 Å². The van der Waals surface area contributed by atoms with Gasteiger partial charge in [0.1, 0.15) is 11.8 Å². The van der Waals surface area contributed by atoms with Crippen molar-refractivity contribution in [1.82, 2.24) is 9.97 Å². The van der Waals surface area contributed by atoms with Crippen LogP contribution in [0.4, 0.5) is 6.01 Å². The maximum absolute atomic E-state index is 12.4. The fraction of sp³-hybridized carbons (Fsp3) is 0.500. The summed E-state index contributed by atoms with van der Waals surface area (Å²) in [5, 5.41) is 3.05. The van der Waals surface area contributed by atoms with Gasteiger partial charge in [0.05, 0.1) is 13.3 Å². The molecule has 1 atom stereocenters. The highest BCUT2D eigenvalue weighted by molar-refractivity contribution is 5.83. The molecule has 0 aliphatic carbocycles. The van der Waals surface area contributed by atoms with Gasteiger partial charge >= 0.3 is 5.97 Å². The number of oxazole rings is 1. The lowest BCUT2D eigenvalue weighted by Crippen LogP contribution is -2.46. The molecule has 0 amide bonds. The van der Waals surface area contributed by atoms with E-state index in [9.17, 15) is 4.79 Å². The van der Waals surface area contributed by atoms with Crippen LogP contribution in [0, 0.1) is 0 Å². The summed E-state index contributed by atoms with van der Waals surface area (Å²) in [5.41, 5.74) is 2.37. The number of nitrogens with one attached hydrogen (secondary N) is 2. The number of hydrogen-bond acceptors (Lipinski definition) is 5. The van der Waals surface area contributed by atoms with Gasteiger partial charge in [-0.1, -0.05) is 33.8 Å². The normalized spacial score (nSPS) is 13.0. The van der Waals surface area contributed by atoms with Crippen molar-refractivity contribution in [2.45, 2.75) is 59.4 Å². The van der Waals surface area contributed by atoms with Crippen LogP contribution in [0.25, 0.3) is 6.08 Å². The monoisotopic (exact) mass is 361 g/mol. The largest absolute Gasteiger partial charge is 0.467 e. The number of aromatic amines is 1. The van der Waals surface area contributed by atoms with Crippen LogP contribution >= 0.6 is 0 Å². The summed E-state index contributed by atoms with van der Waals surface area (Å²) in [7, 11) is 1.38. The highest BCUT2D eigenvalue weighted by Crippen LogP contribution is 2.25. The Hall–Kier alpha value is -2.50. The topological polar surface area (TPSA) is 80.2 Å². The van der Waals surface area contributed by atoms with Gasteiger partial charge in [0.15, 0.2) is 0 Å². The third-order valence-corrected chi connectivity index (χ3v) is 3.98. The Balaban J connectivity index is 0.00000163. The molecule has 0 fully saturated rings. The number of carbonyl (C=O) groups excluding carboxylic acids is 1. The number of ether oxygens (including phenoxy) is 1. The van der Waals surface area contributed by atoms with E-state index in [1.54, 1.807) is 6.92 Å². The van der Waals surface area contributed by atoms with Gasteiger partial charge in [-0.2, -0.15) is 0 Å². The summed E-state index contributed by atoms with van der Waals surface area (Å²) in [6.07, 6.45) is 11.4. The van der Waals surface area contributed by atoms with Crippen molar-refractivity contribution in [2.75, 3.05) is 12.4 Å². The average Bonchev–Trinajstić information content (AvgIpc) is 3.30. The van der Waals surface area contributed by atoms with Crippen LogP contribution < -0.4 is 5.32 Å². The van der Waals surface area contributed by atoms with Crippen LogP contribution in [0.2, 0.25) is 0 Å². The first-order chi connectivity index (χ1) is 12.5. The molecule has 0 aliphatic rings. The van der Waals surface area contributed by atoms with Crippen LogP contribution in [0.15, 0.2) is 29.2 Å². The first kappa shape index (κ1) is 21.5. The van der Waals surface area contributed by atoms with Gasteiger partial charge in [-0.05, 0) is 37.0 Å². The zero-order valence-corrected chi connectivity index (χ0v) is 16.7. The molecular weight excluding hydrogens is 330 g/mol. The van der Waals surface area contributed by atoms with Crippen LogP contribution in [0.3, 0.4) is 0 Å².